The number of hydrogen-bond acceptors (Lipinski definition) is 4. The van der Waals surface area contributed by atoms with E-state index in [2.05, 4.69) is 5.32 Å². The summed E-state index contributed by atoms with van der Waals surface area (Å²) in [6.07, 6.45) is 1.60. The van der Waals surface area contributed by atoms with Crippen LogP contribution in [-0.4, -0.2) is 40.3 Å². The molecule has 0 unspecified atom stereocenters. The Morgan fingerprint density at radius 1 is 1.14 bits per heavy atom. The smallest absolute Gasteiger partial charge is 0.232 e. The summed E-state index contributed by atoms with van der Waals surface area (Å²) in [7, 11) is -3.57. The molecule has 0 aliphatic carbocycles. The van der Waals surface area contributed by atoms with Crippen LogP contribution >= 0.6 is 23.2 Å². The number of para-hydroxylation sites is 1. The maximum absolute atomic E-state index is 12.2. The van der Waals surface area contributed by atoms with Gasteiger partial charge in [0.2, 0.25) is 15.9 Å². The number of nitrogens with zero attached hydrogens (tertiary/aromatic N) is 1. The van der Waals surface area contributed by atoms with Crippen molar-refractivity contribution < 1.29 is 17.9 Å². The van der Waals surface area contributed by atoms with Crippen LogP contribution in [0.4, 0.5) is 5.69 Å². The third-order valence-corrected chi connectivity index (χ3v) is 6.13. The molecule has 1 amide bonds. The van der Waals surface area contributed by atoms with Crippen molar-refractivity contribution in [2.24, 2.45) is 0 Å². The number of nitrogens with one attached hydrogen (secondary N) is 1. The number of anilines is 1. The van der Waals surface area contributed by atoms with Crippen LogP contribution in [0.25, 0.3) is 0 Å². The number of benzene rings is 2. The maximum atomic E-state index is 12.2. The maximum Gasteiger partial charge on any atom is 0.232 e. The van der Waals surface area contributed by atoms with Gasteiger partial charge in [0.15, 0.2) is 0 Å². The Labute approximate surface area is 181 Å². The number of carbonyl (C=O) groups excluding carboxylic acids is 1. The minimum Gasteiger partial charge on any atom is -0.491 e. The summed E-state index contributed by atoms with van der Waals surface area (Å²) in [4.78, 5) is 12.0. The topological polar surface area (TPSA) is 75.7 Å². The standard InChI is InChI=1S/C20H24Cl2N2O4S/c1-15-7-3-4-10-18(15)28-14-12-23-19(25)11-6-13-24(29(2,26)27)17-9-5-8-16(21)20(17)22/h3-5,7-10H,6,11-14H2,1-2H3,(H,23,25). The fourth-order valence-electron chi connectivity index (χ4n) is 2.69. The predicted octanol–water partition coefficient (Wildman–Crippen LogP) is 4.04. The summed E-state index contributed by atoms with van der Waals surface area (Å²) in [6.45, 7) is 2.78. The highest BCUT2D eigenvalue weighted by Crippen LogP contribution is 2.33. The quantitative estimate of drug-likeness (QED) is 0.544. The van der Waals surface area contributed by atoms with E-state index in [-0.39, 0.29) is 28.9 Å². The summed E-state index contributed by atoms with van der Waals surface area (Å²) in [5.74, 6) is 0.605. The first-order valence-corrected chi connectivity index (χ1v) is 11.7. The second-order valence-corrected chi connectivity index (χ2v) is 9.17. The number of sulfonamides is 1. The SMILES string of the molecule is Cc1ccccc1OCCNC(=O)CCCN(c1cccc(Cl)c1Cl)S(C)(=O)=O. The first-order valence-electron chi connectivity index (χ1n) is 9.07. The zero-order chi connectivity index (χ0) is 21.4. The van der Waals surface area contributed by atoms with Gasteiger partial charge in [-0.3, -0.25) is 9.10 Å². The first kappa shape index (κ1) is 23.3. The molecule has 0 spiro atoms. The van der Waals surface area contributed by atoms with Gasteiger partial charge in [-0.15, -0.1) is 0 Å². The van der Waals surface area contributed by atoms with Gasteiger partial charge < -0.3 is 10.1 Å². The second-order valence-electron chi connectivity index (χ2n) is 6.48. The number of carbonyl (C=O) groups is 1. The van der Waals surface area contributed by atoms with Crippen LogP contribution in [0.5, 0.6) is 5.75 Å². The van der Waals surface area contributed by atoms with Crippen molar-refractivity contribution in [1.82, 2.24) is 5.32 Å². The fourth-order valence-corrected chi connectivity index (χ4v) is 4.11. The van der Waals surface area contributed by atoms with Gasteiger partial charge in [0.1, 0.15) is 12.4 Å². The largest absolute Gasteiger partial charge is 0.491 e. The molecule has 0 aliphatic rings. The molecule has 0 atom stereocenters. The van der Waals surface area contributed by atoms with E-state index in [0.717, 1.165) is 21.9 Å². The number of halogens is 2. The van der Waals surface area contributed by atoms with Gasteiger partial charge in [-0.1, -0.05) is 47.5 Å². The van der Waals surface area contributed by atoms with E-state index >= 15 is 0 Å². The predicted molar refractivity (Wildman–Crippen MR) is 118 cm³/mol. The van der Waals surface area contributed by atoms with Crippen LogP contribution in [-0.2, 0) is 14.8 Å². The average molecular weight is 459 g/mol. The van der Waals surface area contributed by atoms with Gasteiger partial charge in [0.05, 0.1) is 28.5 Å². The summed E-state index contributed by atoms with van der Waals surface area (Å²) < 4.78 is 31.1. The van der Waals surface area contributed by atoms with E-state index in [1.807, 2.05) is 31.2 Å². The molecule has 0 bridgehead atoms. The summed E-state index contributed by atoms with van der Waals surface area (Å²) >= 11 is 12.1. The number of hydrogen-bond donors (Lipinski definition) is 1. The van der Waals surface area contributed by atoms with Crippen molar-refractivity contribution in [3.8, 4) is 5.75 Å². The fraction of sp³-hybridized carbons (Fsp3) is 0.350. The van der Waals surface area contributed by atoms with Crippen LogP contribution in [0, 0.1) is 6.92 Å². The molecule has 2 aromatic carbocycles. The van der Waals surface area contributed by atoms with Crippen molar-refractivity contribution in [2.75, 3.05) is 30.3 Å². The normalized spacial score (nSPS) is 11.2. The van der Waals surface area contributed by atoms with Gasteiger partial charge in [0, 0.05) is 13.0 Å². The summed E-state index contributed by atoms with van der Waals surface area (Å²) in [5.41, 5.74) is 1.33. The van der Waals surface area contributed by atoms with Gasteiger partial charge >= 0.3 is 0 Å². The van der Waals surface area contributed by atoms with E-state index in [1.165, 1.54) is 0 Å². The van der Waals surface area contributed by atoms with Crippen LogP contribution < -0.4 is 14.4 Å². The Hall–Kier alpha value is -1.96. The zero-order valence-electron chi connectivity index (χ0n) is 16.3. The first-order chi connectivity index (χ1) is 13.7. The monoisotopic (exact) mass is 458 g/mol. The Morgan fingerprint density at radius 2 is 1.86 bits per heavy atom. The van der Waals surface area contributed by atoms with Crippen LogP contribution in [0.1, 0.15) is 18.4 Å². The van der Waals surface area contributed by atoms with E-state index in [9.17, 15) is 13.2 Å². The lowest BCUT2D eigenvalue weighted by molar-refractivity contribution is -0.121. The van der Waals surface area contributed by atoms with E-state index in [4.69, 9.17) is 27.9 Å². The zero-order valence-corrected chi connectivity index (χ0v) is 18.6. The van der Waals surface area contributed by atoms with Gasteiger partial charge in [-0.05, 0) is 37.1 Å². The minimum absolute atomic E-state index is 0.117. The molecule has 0 radical (unpaired) electrons. The lowest BCUT2D eigenvalue weighted by Crippen LogP contribution is -2.33. The number of aryl methyl sites for hydroxylation is 1. The highest BCUT2D eigenvalue weighted by Gasteiger charge is 2.21. The molecule has 0 saturated heterocycles. The molecule has 0 heterocycles. The molecule has 0 saturated carbocycles. The molecular weight excluding hydrogens is 435 g/mol. The van der Waals surface area contributed by atoms with Crippen LogP contribution in [0.2, 0.25) is 10.0 Å². The Morgan fingerprint density at radius 3 is 2.55 bits per heavy atom. The van der Waals surface area contributed by atoms with Crippen molar-refractivity contribution in [2.45, 2.75) is 19.8 Å². The lowest BCUT2D eigenvalue weighted by Gasteiger charge is -2.23. The van der Waals surface area contributed by atoms with Crippen molar-refractivity contribution in [3.05, 3.63) is 58.1 Å². The van der Waals surface area contributed by atoms with Crippen molar-refractivity contribution in [3.63, 3.8) is 0 Å². The molecule has 158 valence electrons. The van der Waals surface area contributed by atoms with Crippen molar-refractivity contribution >= 4 is 44.8 Å². The molecule has 0 fully saturated rings. The van der Waals surface area contributed by atoms with Crippen LogP contribution in [0.3, 0.4) is 0 Å². The molecular formula is C20H24Cl2N2O4S. The van der Waals surface area contributed by atoms with Gasteiger partial charge in [-0.2, -0.15) is 0 Å². The molecule has 6 nitrogen and oxygen atoms in total. The van der Waals surface area contributed by atoms with Gasteiger partial charge in [-0.25, -0.2) is 8.42 Å². The third kappa shape index (κ3) is 7.10. The molecule has 0 aliphatic heterocycles. The average Bonchev–Trinajstić information content (AvgIpc) is 2.65. The molecule has 9 heteroatoms. The molecule has 2 aromatic rings. The third-order valence-electron chi connectivity index (χ3n) is 4.14. The number of ether oxygens (including phenoxy) is 1. The molecule has 0 aromatic heterocycles. The van der Waals surface area contributed by atoms with E-state index in [1.54, 1.807) is 18.2 Å². The van der Waals surface area contributed by atoms with Crippen molar-refractivity contribution in [1.29, 1.82) is 0 Å². The summed E-state index contributed by atoms with van der Waals surface area (Å²) in [6, 6.07) is 12.4. The molecule has 2 rings (SSSR count). The highest BCUT2D eigenvalue weighted by atomic mass is 35.5. The van der Waals surface area contributed by atoms with E-state index in [0.29, 0.717) is 25.3 Å². The molecule has 29 heavy (non-hydrogen) atoms. The minimum atomic E-state index is -3.57. The van der Waals surface area contributed by atoms with Gasteiger partial charge in [0.25, 0.3) is 0 Å². The van der Waals surface area contributed by atoms with Crippen LogP contribution in [0.15, 0.2) is 42.5 Å². The highest BCUT2D eigenvalue weighted by molar-refractivity contribution is 7.92. The Bertz CT molecular complexity index is 951. The number of rotatable bonds is 10. The lowest BCUT2D eigenvalue weighted by atomic mass is 10.2. The second kappa shape index (κ2) is 10.7. The number of amides is 1. The Balaban J connectivity index is 1.81. The molecule has 1 N–H and O–H groups in total. The van der Waals surface area contributed by atoms with E-state index < -0.39 is 10.0 Å². The Kier molecular flexibility index (Phi) is 8.61. The summed E-state index contributed by atoms with van der Waals surface area (Å²) in [5, 5.41) is 3.20.